The SMILES string of the molecule is COc1ccc(Cl)cc1-c1nc(N)nc(C)c1[N+](=O)[O-]. The van der Waals surface area contributed by atoms with Gasteiger partial charge in [0.25, 0.3) is 0 Å². The number of halogens is 1. The molecule has 2 N–H and O–H groups in total. The molecule has 0 atom stereocenters. The number of rotatable bonds is 3. The van der Waals surface area contributed by atoms with Gasteiger partial charge in [0.05, 0.1) is 17.6 Å². The first-order chi connectivity index (χ1) is 9.43. The molecule has 7 nitrogen and oxygen atoms in total. The summed E-state index contributed by atoms with van der Waals surface area (Å²) in [5, 5.41) is 11.6. The van der Waals surface area contributed by atoms with Crippen LogP contribution in [0, 0.1) is 17.0 Å². The fourth-order valence-electron chi connectivity index (χ4n) is 1.86. The van der Waals surface area contributed by atoms with E-state index in [1.807, 2.05) is 0 Å². The number of ether oxygens (including phenoxy) is 1. The van der Waals surface area contributed by atoms with Crippen LogP contribution in [0.3, 0.4) is 0 Å². The summed E-state index contributed by atoms with van der Waals surface area (Å²) in [6, 6.07) is 4.76. The molecule has 2 rings (SSSR count). The lowest BCUT2D eigenvalue weighted by molar-refractivity contribution is -0.385. The van der Waals surface area contributed by atoms with Gasteiger partial charge in [-0.25, -0.2) is 9.97 Å². The van der Waals surface area contributed by atoms with E-state index in [0.717, 1.165) is 0 Å². The highest BCUT2D eigenvalue weighted by molar-refractivity contribution is 6.31. The molecule has 0 aliphatic heterocycles. The van der Waals surface area contributed by atoms with Gasteiger partial charge in [0.1, 0.15) is 11.4 Å². The zero-order valence-electron chi connectivity index (χ0n) is 10.8. The maximum Gasteiger partial charge on any atom is 0.316 e. The second kappa shape index (κ2) is 5.30. The summed E-state index contributed by atoms with van der Waals surface area (Å²) in [7, 11) is 1.45. The molecule has 0 saturated carbocycles. The van der Waals surface area contributed by atoms with Crippen LogP contribution in [0.4, 0.5) is 11.6 Å². The molecule has 0 spiro atoms. The molecule has 0 radical (unpaired) electrons. The molecule has 0 fully saturated rings. The summed E-state index contributed by atoms with van der Waals surface area (Å²) in [5.74, 6) is 0.361. The number of hydrogen-bond donors (Lipinski definition) is 1. The smallest absolute Gasteiger partial charge is 0.316 e. The lowest BCUT2D eigenvalue weighted by Crippen LogP contribution is -2.05. The van der Waals surface area contributed by atoms with Crippen LogP contribution in [0.15, 0.2) is 18.2 Å². The van der Waals surface area contributed by atoms with Crippen molar-refractivity contribution in [2.45, 2.75) is 6.92 Å². The molecule has 0 unspecified atom stereocenters. The Bertz CT molecular complexity index is 691. The summed E-state index contributed by atoms with van der Waals surface area (Å²) >= 11 is 5.94. The lowest BCUT2D eigenvalue weighted by atomic mass is 10.1. The Morgan fingerprint density at radius 3 is 2.70 bits per heavy atom. The van der Waals surface area contributed by atoms with E-state index in [1.165, 1.54) is 20.1 Å². The maximum absolute atomic E-state index is 11.2. The zero-order valence-corrected chi connectivity index (χ0v) is 11.5. The van der Waals surface area contributed by atoms with Crippen LogP contribution in [0.2, 0.25) is 5.02 Å². The minimum absolute atomic E-state index is 0.0508. The molecule has 1 aromatic carbocycles. The van der Waals surface area contributed by atoms with Crippen LogP contribution < -0.4 is 10.5 Å². The van der Waals surface area contributed by atoms with Crippen molar-refractivity contribution in [1.29, 1.82) is 0 Å². The molecule has 0 aliphatic rings. The van der Waals surface area contributed by atoms with Crippen molar-refractivity contribution < 1.29 is 9.66 Å². The van der Waals surface area contributed by atoms with E-state index in [1.54, 1.807) is 12.1 Å². The Morgan fingerprint density at radius 2 is 2.10 bits per heavy atom. The van der Waals surface area contributed by atoms with Crippen molar-refractivity contribution in [3.8, 4) is 17.0 Å². The topological polar surface area (TPSA) is 104 Å². The van der Waals surface area contributed by atoms with E-state index < -0.39 is 4.92 Å². The van der Waals surface area contributed by atoms with E-state index in [2.05, 4.69) is 9.97 Å². The lowest BCUT2D eigenvalue weighted by Gasteiger charge is -2.10. The highest BCUT2D eigenvalue weighted by Crippen LogP contribution is 2.37. The molecule has 104 valence electrons. The number of anilines is 1. The van der Waals surface area contributed by atoms with Crippen molar-refractivity contribution in [2.24, 2.45) is 0 Å². The number of benzene rings is 1. The summed E-state index contributed by atoms with van der Waals surface area (Å²) < 4.78 is 5.19. The van der Waals surface area contributed by atoms with Gasteiger partial charge in [0.15, 0.2) is 5.69 Å². The molecule has 8 heteroatoms. The standard InChI is InChI=1S/C12H11ClN4O3/c1-6-11(17(18)19)10(16-12(14)15-6)8-5-7(13)3-4-9(8)20-2/h3-5H,1-2H3,(H2,14,15,16). The minimum atomic E-state index is -0.551. The minimum Gasteiger partial charge on any atom is -0.496 e. The van der Waals surface area contributed by atoms with Crippen molar-refractivity contribution in [1.82, 2.24) is 9.97 Å². The first kappa shape index (κ1) is 14.0. The highest BCUT2D eigenvalue weighted by atomic mass is 35.5. The van der Waals surface area contributed by atoms with Gasteiger partial charge in [-0.3, -0.25) is 10.1 Å². The summed E-state index contributed by atoms with van der Waals surface area (Å²) in [4.78, 5) is 18.4. The number of aryl methyl sites for hydroxylation is 1. The monoisotopic (exact) mass is 294 g/mol. The second-order valence-electron chi connectivity index (χ2n) is 3.97. The molecule has 0 aliphatic carbocycles. The van der Waals surface area contributed by atoms with E-state index in [0.29, 0.717) is 16.3 Å². The van der Waals surface area contributed by atoms with Gasteiger partial charge in [-0.1, -0.05) is 11.6 Å². The molecule has 0 bridgehead atoms. The van der Waals surface area contributed by atoms with E-state index in [-0.39, 0.29) is 23.0 Å². The fourth-order valence-corrected chi connectivity index (χ4v) is 2.03. The number of hydrogen-bond acceptors (Lipinski definition) is 6. The Labute approximate surface area is 119 Å². The number of aromatic nitrogens is 2. The fraction of sp³-hybridized carbons (Fsp3) is 0.167. The van der Waals surface area contributed by atoms with Crippen LogP contribution in [-0.4, -0.2) is 22.0 Å². The van der Waals surface area contributed by atoms with Crippen molar-refractivity contribution >= 4 is 23.2 Å². The van der Waals surface area contributed by atoms with Crippen LogP contribution in [0.5, 0.6) is 5.75 Å². The Kier molecular flexibility index (Phi) is 3.71. The van der Waals surface area contributed by atoms with Crippen molar-refractivity contribution in [2.75, 3.05) is 12.8 Å². The summed E-state index contributed by atoms with van der Waals surface area (Å²) in [6.45, 7) is 1.50. The van der Waals surface area contributed by atoms with E-state index in [4.69, 9.17) is 22.1 Å². The van der Waals surface area contributed by atoms with Gasteiger partial charge < -0.3 is 10.5 Å². The molecular formula is C12H11ClN4O3. The van der Waals surface area contributed by atoms with Crippen molar-refractivity contribution in [3.63, 3.8) is 0 Å². The highest BCUT2D eigenvalue weighted by Gasteiger charge is 2.25. The van der Waals surface area contributed by atoms with Crippen LogP contribution >= 0.6 is 11.6 Å². The largest absolute Gasteiger partial charge is 0.496 e. The average Bonchev–Trinajstić information content (AvgIpc) is 2.37. The number of nitrogen functional groups attached to an aromatic ring is 1. The number of nitro groups is 1. The molecule has 2 aromatic rings. The number of nitrogens with zero attached hydrogens (tertiary/aromatic N) is 3. The average molecular weight is 295 g/mol. The Balaban J connectivity index is 2.81. The second-order valence-corrected chi connectivity index (χ2v) is 4.40. The van der Waals surface area contributed by atoms with Gasteiger partial charge in [0, 0.05) is 5.02 Å². The first-order valence-electron chi connectivity index (χ1n) is 5.56. The quantitative estimate of drug-likeness (QED) is 0.689. The molecule has 0 amide bonds. The van der Waals surface area contributed by atoms with E-state index >= 15 is 0 Å². The number of nitrogens with two attached hydrogens (primary N) is 1. The molecule has 1 aromatic heterocycles. The van der Waals surface area contributed by atoms with Gasteiger partial charge in [-0.05, 0) is 25.1 Å². The van der Waals surface area contributed by atoms with E-state index in [9.17, 15) is 10.1 Å². The van der Waals surface area contributed by atoms with Gasteiger partial charge >= 0.3 is 5.69 Å². The van der Waals surface area contributed by atoms with Crippen LogP contribution in [0.1, 0.15) is 5.69 Å². The predicted molar refractivity (Wildman–Crippen MR) is 74.8 cm³/mol. The Hall–Kier alpha value is -2.41. The third kappa shape index (κ3) is 2.48. The normalized spacial score (nSPS) is 10.3. The first-order valence-corrected chi connectivity index (χ1v) is 5.94. The van der Waals surface area contributed by atoms with Crippen molar-refractivity contribution in [3.05, 3.63) is 39.0 Å². The summed E-state index contributed by atoms with van der Waals surface area (Å²) in [6.07, 6.45) is 0. The molecule has 20 heavy (non-hydrogen) atoms. The third-order valence-electron chi connectivity index (χ3n) is 2.67. The predicted octanol–water partition coefficient (Wildman–Crippen LogP) is 2.60. The Morgan fingerprint density at radius 1 is 1.40 bits per heavy atom. The van der Waals surface area contributed by atoms with Gasteiger partial charge in [-0.2, -0.15) is 0 Å². The third-order valence-corrected chi connectivity index (χ3v) is 2.91. The maximum atomic E-state index is 11.2. The zero-order chi connectivity index (χ0) is 14.9. The molecular weight excluding hydrogens is 284 g/mol. The summed E-state index contributed by atoms with van der Waals surface area (Å²) in [5.41, 5.74) is 6.01. The molecule has 1 heterocycles. The van der Waals surface area contributed by atoms with Crippen LogP contribution in [-0.2, 0) is 0 Å². The molecule has 0 saturated heterocycles. The van der Waals surface area contributed by atoms with Crippen LogP contribution in [0.25, 0.3) is 11.3 Å². The number of methoxy groups -OCH3 is 1. The van der Waals surface area contributed by atoms with Gasteiger partial charge in [0.2, 0.25) is 5.95 Å². The van der Waals surface area contributed by atoms with Gasteiger partial charge in [-0.15, -0.1) is 0 Å².